The highest BCUT2D eigenvalue weighted by atomic mass is 16.3. The van der Waals surface area contributed by atoms with Gasteiger partial charge in [-0.25, -0.2) is 0 Å². The van der Waals surface area contributed by atoms with Gasteiger partial charge in [-0.05, 0) is 132 Å². The van der Waals surface area contributed by atoms with Gasteiger partial charge in [-0.15, -0.1) is 0 Å². The van der Waals surface area contributed by atoms with Crippen LogP contribution in [0.25, 0.3) is 22.2 Å². The zero-order valence-electron chi connectivity index (χ0n) is 27.7. The number of aliphatic hydroxyl groups is 1. The molecule has 6 rings (SSSR count). The van der Waals surface area contributed by atoms with Crippen LogP contribution in [0.3, 0.4) is 0 Å². The molecule has 45 heavy (non-hydrogen) atoms. The van der Waals surface area contributed by atoms with Gasteiger partial charge in [0.25, 0.3) is 0 Å². The van der Waals surface area contributed by atoms with Crippen molar-refractivity contribution in [3.63, 3.8) is 0 Å². The zero-order chi connectivity index (χ0) is 31.9. The minimum atomic E-state index is -0.681. The number of aromatic nitrogens is 2. The van der Waals surface area contributed by atoms with E-state index in [4.69, 9.17) is 0 Å². The van der Waals surface area contributed by atoms with Crippen LogP contribution in [0.2, 0.25) is 0 Å². The number of hydrogen-bond acceptors (Lipinski definition) is 4. The van der Waals surface area contributed by atoms with Gasteiger partial charge in [0.05, 0.1) is 11.5 Å². The van der Waals surface area contributed by atoms with Crippen molar-refractivity contribution in [2.24, 2.45) is 0 Å². The summed E-state index contributed by atoms with van der Waals surface area (Å²) in [6.07, 6.45) is 12.0. The lowest BCUT2D eigenvalue weighted by atomic mass is 9.82. The second-order valence-corrected chi connectivity index (χ2v) is 14.4. The maximum absolute atomic E-state index is 14.0. The van der Waals surface area contributed by atoms with Crippen LogP contribution >= 0.6 is 0 Å². The summed E-state index contributed by atoms with van der Waals surface area (Å²) in [5, 5.41) is 15.5. The Morgan fingerprint density at radius 2 is 1.64 bits per heavy atom. The smallest absolute Gasteiger partial charge is 0.233 e. The number of benzene rings is 2. The molecule has 6 heteroatoms. The van der Waals surface area contributed by atoms with Crippen molar-refractivity contribution in [3.8, 4) is 11.3 Å². The Balaban J connectivity index is 1.29. The molecule has 2 aromatic carbocycles. The standard InChI is InChI=1S/C39H48N4O2/c1-25-21-26(2)23-28(22-25)36-32(16-20-41-38(3,4)17-13-35(44)27-14-18-40-19-15-27)33-24-29(7-12-34(33)42-36)39(5,6)37(45)43-30-8-9-31(43)11-10-30/h7,12-15,17-19,21-24,30-31,35,41-42,44H,8-11,16,20H2,1-6H3/b17-13+. The quantitative estimate of drug-likeness (QED) is 0.164. The average Bonchev–Trinajstić information content (AvgIpc) is 3.72. The Bertz CT molecular complexity index is 1680. The fraction of sp³-hybridized carbons (Fsp3) is 0.436. The Labute approximate surface area is 268 Å². The largest absolute Gasteiger partial charge is 0.384 e. The van der Waals surface area contributed by atoms with E-state index in [0.29, 0.717) is 12.1 Å². The molecule has 1 unspecified atom stereocenters. The Hall–Kier alpha value is -3.74. The minimum Gasteiger partial charge on any atom is -0.384 e. The van der Waals surface area contributed by atoms with Crippen LogP contribution in [0.1, 0.15) is 87.3 Å². The van der Waals surface area contributed by atoms with E-state index in [1.165, 1.54) is 27.6 Å². The van der Waals surface area contributed by atoms with Gasteiger partial charge in [-0.1, -0.05) is 35.4 Å². The second-order valence-electron chi connectivity index (χ2n) is 14.4. The first-order valence-corrected chi connectivity index (χ1v) is 16.5. The fourth-order valence-corrected chi connectivity index (χ4v) is 7.52. The third kappa shape index (κ3) is 6.36. The topological polar surface area (TPSA) is 81.2 Å². The number of hydrogen-bond donors (Lipinski definition) is 3. The predicted octanol–water partition coefficient (Wildman–Crippen LogP) is 7.48. The molecule has 3 N–H and O–H groups in total. The molecule has 0 aliphatic carbocycles. The first-order valence-electron chi connectivity index (χ1n) is 16.5. The summed E-state index contributed by atoms with van der Waals surface area (Å²) in [5.41, 5.74) is 8.10. The molecule has 2 fully saturated rings. The number of nitrogens with one attached hydrogen (secondary N) is 2. The summed E-state index contributed by atoms with van der Waals surface area (Å²) >= 11 is 0. The number of aromatic amines is 1. The maximum atomic E-state index is 14.0. The lowest BCUT2D eigenvalue weighted by Gasteiger charge is -2.33. The maximum Gasteiger partial charge on any atom is 0.233 e. The van der Waals surface area contributed by atoms with Crippen LogP contribution in [0.5, 0.6) is 0 Å². The number of amides is 1. The van der Waals surface area contributed by atoms with Crippen molar-refractivity contribution in [1.82, 2.24) is 20.2 Å². The monoisotopic (exact) mass is 604 g/mol. The van der Waals surface area contributed by atoms with Crippen LogP contribution in [0.15, 0.2) is 73.1 Å². The number of aliphatic hydroxyl groups excluding tert-OH is 1. The van der Waals surface area contributed by atoms with Crippen LogP contribution in [0.4, 0.5) is 0 Å². The van der Waals surface area contributed by atoms with Gasteiger partial charge in [0.15, 0.2) is 0 Å². The lowest BCUT2D eigenvalue weighted by Crippen LogP contribution is -2.45. The summed E-state index contributed by atoms with van der Waals surface area (Å²) in [6, 6.07) is 17.8. The van der Waals surface area contributed by atoms with E-state index >= 15 is 0 Å². The van der Waals surface area contributed by atoms with Crippen LogP contribution < -0.4 is 5.32 Å². The average molecular weight is 605 g/mol. The van der Waals surface area contributed by atoms with Crippen molar-refractivity contribution in [2.45, 2.75) is 103 Å². The summed E-state index contributed by atoms with van der Waals surface area (Å²) in [5.74, 6) is 0.266. The van der Waals surface area contributed by atoms with E-state index < -0.39 is 11.5 Å². The summed E-state index contributed by atoms with van der Waals surface area (Å²) in [7, 11) is 0. The van der Waals surface area contributed by atoms with E-state index in [9.17, 15) is 9.90 Å². The molecule has 6 nitrogen and oxygen atoms in total. The van der Waals surface area contributed by atoms with Gasteiger partial charge in [0.1, 0.15) is 0 Å². The van der Waals surface area contributed by atoms with E-state index in [-0.39, 0.29) is 11.4 Å². The first kappa shape index (κ1) is 31.3. The van der Waals surface area contributed by atoms with E-state index in [0.717, 1.165) is 61.0 Å². The number of H-pyrrole nitrogens is 1. The number of nitrogens with zero attached hydrogens (tertiary/aromatic N) is 2. The number of pyridine rings is 1. The molecule has 2 bridgehead atoms. The molecule has 0 radical (unpaired) electrons. The Morgan fingerprint density at radius 3 is 2.29 bits per heavy atom. The molecule has 2 aliphatic rings. The molecular formula is C39H48N4O2. The normalized spacial score (nSPS) is 19.2. The molecule has 4 aromatic rings. The van der Waals surface area contributed by atoms with E-state index in [2.05, 4.69) is 98.1 Å². The predicted molar refractivity (Wildman–Crippen MR) is 183 cm³/mol. The number of fused-ring (bicyclic) bond motifs is 3. The SMILES string of the molecule is Cc1cc(C)cc(-c2[nH]c3ccc(C(C)(C)C(=O)N4C5CCC4CC5)cc3c2CCNC(C)(C)/C=C/C(O)c2ccncc2)c1. The van der Waals surface area contributed by atoms with E-state index in [1.54, 1.807) is 12.4 Å². The van der Waals surface area contributed by atoms with Gasteiger partial charge in [-0.3, -0.25) is 9.78 Å². The second kappa shape index (κ2) is 12.2. The highest BCUT2D eigenvalue weighted by Gasteiger charge is 2.47. The van der Waals surface area contributed by atoms with Crippen molar-refractivity contribution >= 4 is 16.8 Å². The van der Waals surface area contributed by atoms with Crippen LogP contribution in [-0.4, -0.2) is 50.0 Å². The fourth-order valence-electron chi connectivity index (χ4n) is 7.52. The minimum absolute atomic E-state index is 0.266. The summed E-state index contributed by atoms with van der Waals surface area (Å²) in [6.45, 7) is 13.5. The molecular weight excluding hydrogens is 556 g/mol. The third-order valence-electron chi connectivity index (χ3n) is 10.1. The highest BCUT2D eigenvalue weighted by Crippen LogP contribution is 2.42. The molecule has 1 amide bonds. The lowest BCUT2D eigenvalue weighted by molar-refractivity contribution is -0.137. The number of rotatable bonds is 10. The van der Waals surface area contributed by atoms with Crippen molar-refractivity contribution in [3.05, 3.63) is 101 Å². The molecule has 4 heterocycles. The van der Waals surface area contributed by atoms with Gasteiger partial charge in [-0.2, -0.15) is 0 Å². The zero-order valence-corrected chi connectivity index (χ0v) is 27.7. The van der Waals surface area contributed by atoms with Crippen molar-refractivity contribution in [1.29, 1.82) is 0 Å². The van der Waals surface area contributed by atoms with E-state index in [1.807, 2.05) is 24.3 Å². The van der Waals surface area contributed by atoms with Crippen molar-refractivity contribution < 1.29 is 9.90 Å². The molecule has 2 aliphatic heterocycles. The van der Waals surface area contributed by atoms with Gasteiger partial charge in [0.2, 0.25) is 5.91 Å². The number of aryl methyl sites for hydroxylation is 2. The molecule has 0 saturated carbocycles. The highest BCUT2D eigenvalue weighted by molar-refractivity contribution is 5.94. The molecule has 2 aromatic heterocycles. The third-order valence-corrected chi connectivity index (χ3v) is 10.1. The summed E-state index contributed by atoms with van der Waals surface area (Å²) in [4.78, 5) is 24.0. The van der Waals surface area contributed by atoms with Crippen molar-refractivity contribution in [2.75, 3.05) is 6.54 Å². The first-order chi connectivity index (χ1) is 21.4. The van der Waals surface area contributed by atoms with Gasteiger partial charge < -0.3 is 20.3 Å². The van der Waals surface area contributed by atoms with Gasteiger partial charge in [0, 0.05) is 53.2 Å². The molecule has 2 saturated heterocycles. The molecule has 236 valence electrons. The van der Waals surface area contributed by atoms with Crippen LogP contribution in [-0.2, 0) is 16.6 Å². The van der Waals surface area contributed by atoms with Gasteiger partial charge >= 0.3 is 0 Å². The summed E-state index contributed by atoms with van der Waals surface area (Å²) < 4.78 is 0. The molecule has 0 spiro atoms. The Morgan fingerprint density at radius 1 is 1.00 bits per heavy atom. The Kier molecular flexibility index (Phi) is 8.49. The van der Waals surface area contributed by atoms with Crippen LogP contribution in [0, 0.1) is 13.8 Å². The number of carbonyl (C=O) groups is 1. The number of carbonyl (C=O) groups excluding carboxylic acids is 1. The molecule has 1 atom stereocenters.